The molecular weight excluding hydrogens is 301 g/mol. The van der Waals surface area contributed by atoms with Crippen LogP contribution in [0.1, 0.15) is 64.7 Å². The monoisotopic (exact) mass is 327 g/mol. The van der Waals surface area contributed by atoms with E-state index in [1.165, 1.54) is 32.1 Å². The van der Waals surface area contributed by atoms with Crippen LogP contribution in [0.4, 0.5) is 0 Å². The Kier molecular flexibility index (Phi) is 22.0. The Morgan fingerprint density at radius 3 is 1.77 bits per heavy atom. The smallest absolute Gasteiger partial charge is 0.550 e. The molecule has 8 heteroatoms. The summed E-state index contributed by atoms with van der Waals surface area (Å²) in [5.41, 5.74) is 4.84. The second-order valence-electron chi connectivity index (χ2n) is 4.79. The second-order valence-corrected chi connectivity index (χ2v) is 4.79. The van der Waals surface area contributed by atoms with Crippen LogP contribution in [0.2, 0.25) is 0 Å². The molecule has 0 saturated heterocycles. The van der Waals surface area contributed by atoms with E-state index >= 15 is 0 Å². The van der Waals surface area contributed by atoms with Crippen LogP contribution in [0.15, 0.2) is 0 Å². The third kappa shape index (κ3) is 24.4. The Morgan fingerprint density at radius 2 is 1.45 bits per heavy atom. The molecule has 0 aromatic carbocycles. The number of nitrogens with two attached hydrogens (primary N) is 1. The van der Waals surface area contributed by atoms with E-state index in [1.807, 2.05) is 0 Å². The number of carboxylic acids is 3. The Hall–Kier alpha value is -0.630. The van der Waals surface area contributed by atoms with Gasteiger partial charge in [-0.15, -0.1) is 0 Å². The average molecular weight is 327 g/mol. The molecule has 0 fully saturated rings. The van der Waals surface area contributed by atoms with Crippen LogP contribution in [0.5, 0.6) is 0 Å². The minimum atomic E-state index is -1.29. The number of hydrogen-bond acceptors (Lipinski definition) is 5. The van der Waals surface area contributed by atoms with Gasteiger partial charge < -0.3 is 25.8 Å². The molecule has 7 nitrogen and oxygen atoms in total. The zero-order valence-electron chi connectivity index (χ0n) is 13.5. The predicted octanol–water partition coefficient (Wildman–Crippen LogP) is -2.25. The van der Waals surface area contributed by atoms with Crippen molar-refractivity contribution in [3.63, 3.8) is 0 Å². The first kappa shape index (κ1) is 26.3. The zero-order chi connectivity index (χ0) is 16.7. The van der Waals surface area contributed by atoms with Gasteiger partial charge in [-0.25, -0.2) is 0 Å². The quantitative estimate of drug-likeness (QED) is 0.288. The number of carbonyl (C=O) groups excluding carboxylic acids is 1. The Balaban J connectivity index is -0.000000326. The summed E-state index contributed by atoms with van der Waals surface area (Å²) in [6.45, 7) is 2.19. The molecule has 0 aromatic rings. The number of hydrogen-bond donors (Lipinski definition) is 3. The van der Waals surface area contributed by atoms with Gasteiger partial charge in [0.25, 0.3) is 0 Å². The molecule has 0 aromatic heterocycles. The summed E-state index contributed by atoms with van der Waals surface area (Å²) in [4.78, 5) is 29.6. The fraction of sp³-hybridized carbons (Fsp3) is 0.786. The van der Waals surface area contributed by atoms with Crippen LogP contribution in [0.25, 0.3) is 0 Å². The van der Waals surface area contributed by atoms with Gasteiger partial charge in [0.15, 0.2) is 0 Å². The second kappa shape index (κ2) is 18.4. The topological polar surface area (TPSA) is 141 Å². The fourth-order valence-electron chi connectivity index (χ4n) is 1.50. The third-order valence-electron chi connectivity index (χ3n) is 2.70. The summed E-state index contributed by atoms with van der Waals surface area (Å²) in [6, 6.07) is -1.29. The maximum absolute atomic E-state index is 10.0. The predicted molar refractivity (Wildman–Crippen MR) is 75.5 cm³/mol. The summed E-state index contributed by atoms with van der Waals surface area (Å²) in [5, 5.41) is 26.1. The molecule has 0 radical (unpaired) electrons. The minimum Gasteiger partial charge on any atom is -0.550 e. The first-order chi connectivity index (χ1) is 9.81. The molecule has 0 amide bonds. The SMILES string of the molecule is CCCCCCCCCC(=O)[O-].N[C@@H](CC(=O)O)C(=O)O.[Na+]. The van der Waals surface area contributed by atoms with Crippen LogP contribution in [0.3, 0.4) is 0 Å². The third-order valence-corrected chi connectivity index (χ3v) is 2.70. The van der Waals surface area contributed by atoms with Crippen molar-refractivity contribution < 1.29 is 59.3 Å². The molecule has 0 unspecified atom stereocenters. The standard InChI is InChI=1S/C10H20O2.C4H7NO4.Na/c1-2-3-4-5-6-7-8-9-10(11)12;5-2(4(8)9)1-3(6)7;/h2-9H2,1H3,(H,11,12);2H,1,5H2,(H,6,7)(H,8,9);/q;;+1/p-1/t;2-;/m.0./s1. The van der Waals surface area contributed by atoms with Gasteiger partial charge in [0.2, 0.25) is 0 Å². The van der Waals surface area contributed by atoms with Gasteiger partial charge in [-0.05, 0) is 12.8 Å². The molecule has 0 rings (SSSR count). The number of aliphatic carboxylic acids is 3. The maximum Gasteiger partial charge on any atom is 1.00 e. The van der Waals surface area contributed by atoms with Crippen molar-refractivity contribution >= 4 is 17.9 Å². The van der Waals surface area contributed by atoms with Gasteiger partial charge in [-0.1, -0.05) is 45.4 Å². The Bertz CT molecular complexity index is 312. The van der Waals surface area contributed by atoms with E-state index in [-0.39, 0.29) is 36.0 Å². The Morgan fingerprint density at radius 1 is 1.00 bits per heavy atom. The maximum atomic E-state index is 10.0. The zero-order valence-corrected chi connectivity index (χ0v) is 15.5. The summed E-state index contributed by atoms with van der Waals surface area (Å²) in [6.07, 6.45) is 7.81. The van der Waals surface area contributed by atoms with Crippen LogP contribution in [-0.4, -0.2) is 34.2 Å². The van der Waals surface area contributed by atoms with Gasteiger partial charge in [-0.3, -0.25) is 9.59 Å². The van der Waals surface area contributed by atoms with E-state index in [9.17, 15) is 19.5 Å². The van der Waals surface area contributed by atoms with Gasteiger partial charge in [-0.2, -0.15) is 0 Å². The summed E-state index contributed by atoms with van der Waals surface area (Å²) < 4.78 is 0. The van der Waals surface area contributed by atoms with Crippen LogP contribution in [-0.2, 0) is 14.4 Å². The van der Waals surface area contributed by atoms with Gasteiger partial charge >= 0.3 is 41.5 Å². The molecule has 0 saturated carbocycles. The van der Waals surface area contributed by atoms with E-state index in [1.54, 1.807) is 0 Å². The summed E-state index contributed by atoms with van der Waals surface area (Å²) in [7, 11) is 0. The fourth-order valence-corrected chi connectivity index (χ4v) is 1.50. The van der Waals surface area contributed by atoms with Crippen molar-refractivity contribution in [3.8, 4) is 0 Å². The molecular formula is C14H26NNaO6. The molecule has 0 heterocycles. The molecule has 0 aliphatic rings. The van der Waals surface area contributed by atoms with E-state index in [4.69, 9.17) is 15.9 Å². The molecule has 0 bridgehead atoms. The van der Waals surface area contributed by atoms with E-state index in [0.29, 0.717) is 0 Å². The van der Waals surface area contributed by atoms with Crippen molar-refractivity contribution in [2.45, 2.75) is 70.8 Å². The first-order valence-electron chi connectivity index (χ1n) is 7.21. The van der Waals surface area contributed by atoms with Crippen molar-refractivity contribution in [1.82, 2.24) is 0 Å². The molecule has 1 atom stereocenters. The number of rotatable bonds is 11. The molecule has 0 aliphatic carbocycles. The average Bonchev–Trinajstić information content (AvgIpc) is 2.37. The van der Waals surface area contributed by atoms with Crippen molar-refractivity contribution in [2.75, 3.05) is 0 Å². The van der Waals surface area contributed by atoms with Crippen molar-refractivity contribution in [2.24, 2.45) is 5.73 Å². The van der Waals surface area contributed by atoms with E-state index in [2.05, 4.69) is 6.92 Å². The van der Waals surface area contributed by atoms with E-state index < -0.39 is 30.4 Å². The van der Waals surface area contributed by atoms with E-state index in [0.717, 1.165) is 12.8 Å². The number of carbonyl (C=O) groups is 3. The van der Waals surface area contributed by atoms with Crippen LogP contribution >= 0.6 is 0 Å². The summed E-state index contributed by atoms with van der Waals surface area (Å²) in [5.74, 6) is -3.41. The minimum absolute atomic E-state index is 0. The number of carboxylic acid groups (broad SMARTS) is 3. The normalized spacial score (nSPS) is 10.6. The van der Waals surface area contributed by atoms with Gasteiger partial charge in [0.05, 0.1) is 6.42 Å². The molecule has 4 N–H and O–H groups in total. The molecule has 124 valence electrons. The van der Waals surface area contributed by atoms with Crippen molar-refractivity contribution in [3.05, 3.63) is 0 Å². The van der Waals surface area contributed by atoms with Crippen molar-refractivity contribution in [1.29, 1.82) is 0 Å². The summed E-state index contributed by atoms with van der Waals surface area (Å²) >= 11 is 0. The van der Waals surface area contributed by atoms with Crippen LogP contribution in [0, 0.1) is 0 Å². The first-order valence-corrected chi connectivity index (χ1v) is 7.21. The van der Waals surface area contributed by atoms with Gasteiger partial charge in [0.1, 0.15) is 6.04 Å². The molecule has 22 heavy (non-hydrogen) atoms. The number of unbranched alkanes of at least 4 members (excludes halogenated alkanes) is 6. The largest absolute Gasteiger partial charge is 1.00 e. The molecule has 0 aliphatic heterocycles. The van der Waals surface area contributed by atoms with Gasteiger partial charge in [0, 0.05) is 5.97 Å². The molecule has 0 spiro atoms. The van der Waals surface area contributed by atoms with Crippen LogP contribution < -0.4 is 40.4 Å². The Labute approximate surface area is 153 Å².